The van der Waals surface area contributed by atoms with Gasteiger partial charge in [0.2, 0.25) is 17.7 Å². The predicted octanol–water partition coefficient (Wildman–Crippen LogP) is 15.0. The van der Waals surface area contributed by atoms with Crippen LogP contribution in [0.15, 0.2) is 109 Å². The number of methoxy groups -OCH3 is 3. The van der Waals surface area contributed by atoms with Gasteiger partial charge in [-0.2, -0.15) is 0 Å². The first-order valence-electron chi connectivity index (χ1n) is 26.9. The maximum atomic E-state index is 12.0. The van der Waals surface area contributed by atoms with E-state index in [9.17, 15) is 33.6 Å². The third kappa shape index (κ3) is 26.3. The van der Waals surface area contributed by atoms with Crippen LogP contribution in [0, 0.1) is 24.3 Å². The van der Waals surface area contributed by atoms with Gasteiger partial charge in [0.05, 0.1) is 53.4 Å². The number of fused-ring (bicyclic) bond motifs is 2. The van der Waals surface area contributed by atoms with Crippen LogP contribution in [0.25, 0.3) is 0 Å². The molecule has 0 radical (unpaired) electrons. The van der Waals surface area contributed by atoms with Crippen LogP contribution in [0.3, 0.4) is 0 Å². The number of hydrogen-bond donors (Lipinski definition) is 1. The van der Waals surface area contributed by atoms with E-state index in [1.54, 1.807) is 68.4 Å². The highest BCUT2D eigenvalue weighted by molar-refractivity contribution is 14.1. The summed E-state index contributed by atoms with van der Waals surface area (Å²) >= 11 is 40.6. The number of hydrogen-bond acceptors (Lipinski definition) is 11. The molecule has 468 valence electrons. The van der Waals surface area contributed by atoms with Crippen molar-refractivity contribution in [2.24, 2.45) is 5.73 Å². The second kappa shape index (κ2) is 36.9. The number of esters is 4. The van der Waals surface area contributed by atoms with Crippen LogP contribution >= 0.6 is 108 Å². The summed E-state index contributed by atoms with van der Waals surface area (Å²) in [5.74, 6) is -1.79. The minimum atomic E-state index is -0.577. The molecule has 2 heterocycles. The quantitative estimate of drug-likeness (QED) is 0.0562. The Kier molecular flexibility index (Phi) is 32.2. The Morgan fingerprint density at radius 1 is 0.517 bits per heavy atom. The summed E-state index contributed by atoms with van der Waals surface area (Å²) in [5.41, 5.74) is 15.8. The van der Waals surface area contributed by atoms with E-state index in [-0.39, 0.29) is 61.8 Å². The highest BCUT2D eigenvalue weighted by atomic mass is 127. The Balaban J connectivity index is 0.000000276. The van der Waals surface area contributed by atoms with Crippen molar-refractivity contribution in [3.05, 3.63) is 204 Å². The number of nitrogens with zero attached hydrogens (tertiary/aromatic N) is 2. The first kappa shape index (κ1) is 75.8. The standard InChI is InChI=1S/C13H14ClNO3.C13H17ClO2.C12H13ClN2O2.C10H10BrClO2.C10H11ClO2.C7H6ClI/c1-8(13(17)18-2)15-7-9-3-4-11(14)5-10(9)6-12(15)16;1-9-5-6-11(14)7-10(9)8-12(15)16-13(2,3)4;1-7(12(14)17)15-6-8-2-3-10(13)4-9(8)5-11(15)16;1-14-10(13)5-8-4-9(12)3-2-7(8)6-11;1-7-3-4-9(11)5-8(7)6-10(12)13-2;1-5-2-3-6(8)4-7(5)9/h3-5,8H,6-7H2,1-2H3;5-7H,8H2,1-4H3;2-4,7H,5-6H2,1H3,(H2,14,17);2-4H,5-6H2,1H3;3-5H,6H2,1-2H3;2-4H,1H3. The van der Waals surface area contributed by atoms with Gasteiger partial charge in [-0.1, -0.05) is 122 Å². The second-order valence-corrected chi connectivity index (χ2v) is 25.2. The lowest BCUT2D eigenvalue weighted by Gasteiger charge is -2.32. The molecule has 2 N–H and O–H groups in total. The molecule has 0 aromatic heterocycles. The molecule has 87 heavy (non-hydrogen) atoms. The summed E-state index contributed by atoms with van der Waals surface area (Å²) in [6, 6.07) is 32.2. The zero-order valence-electron chi connectivity index (χ0n) is 50.2. The number of primary amides is 1. The van der Waals surface area contributed by atoms with E-state index in [0.29, 0.717) is 43.5 Å². The highest BCUT2D eigenvalue weighted by Crippen LogP contribution is 2.27. The number of carbonyl (C=O) groups is 7. The van der Waals surface area contributed by atoms with E-state index < -0.39 is 29.6 Å². The molecule has 6 aromatic rings. The van der Waals surface area contributed by atoms with Crippen LogP contribution in [0.4, 0.5) is 0 Å². The first-order chi connectivity index (χ1) is 40.8. The van der Waals surface area contributed by atoms with E-state index in [2.05, 4.69) is 59.7 Å². The molecule has 2 atom stereocenters. The van der Waals surface area contributed by atoms with Gasteiger partial charge in [-0.25, -0.2) is 4.79 Å². The van der Waals surface area contributed by atoms with E-state index in [1.165, 1.54) is 40.3 Å². The van der Waals surface area contributed by atoms with E-state index in [1.807, 2.05) is 89.2 Å². The normalized spacial score (nSPS) is 12.7. The maximum Gasteiger partial charge on any atom is 0.328 e. The van der Waals surface area contributed by atoms with Crippen molar-refractivity contribution < 1.29 is 52.5 Å². The summed E-state index contributed by atoms with van der Waals surface area (Å²) in [6.45, 7) is 15.7. The molecule has 3 amide bonds. The monoisotopic (exact) mass is 1490 g/mol. The minimum Gasteiger partial charge on any atom is -0.469 e. The van der Waals surface area contributed by atoms with Crippen LogP contribution in [0.2, 0.25) is 30.1 Å². The first-order valence-corrected chi connectivity index (χ1v) is 31.4. The Morgan fingerprint density at radius 3 is 1.28 bits per heavy atom. The number of aryl methyl sites for hydroxylation is 3. The zero-order chi connectivity index (χ0) is 65.5. The van der Waals surface area contributed by atoms with Gasteiger partial charge in [-0.3, -0.25) is 28.8 Å². The van der Waals surface area contributed by atoms with Crippen molar-refractivity contribution >= 4 is 150 Å². The molecule has 0 saturated heterocycles. The van der Waals surface area contributed by atoms with Gasteiger partial charge in [-0.05, 0) is 212 Å². The molecule has 0 saturated carbocycles. The van der Waals surface area contributed by atoms with Crippen molar-refractivity contribution in [3.63, 3.8) is 0 Å². The van der Waals surface area contributed by atoms with Crippen LogP contribution in [-0.4, -0.2) is 90.4 Å². The lowest BCUT2D eigenvalue weighted by molar-refractivity contribution is -0.154. The summed E-state index contributed by atoms with van der Waals surface area (Å²) in [5, 5.41) is 4.67. The van der Waals surface area contributed by atoms with Crippen molar-refractivity contribution in [2.45, 2.75) is 124 Å². The van der Waals surface area contributed by atoms with Crippen molar-refractivity contribution in [1.29, 1.82) is 0 Å². The van der Waals surface area contributed by atoms with E-state index in [0.717, 1.165) is 60.7 Å². The fraction of sp³-hybridized carbons (Fsp3) is 0.338. The Hall–Kier alpha value is -5.44. The predicted molar refractivity (Wildman–Crippen MR) is 358 cm³/mol. The SMILES string of the molecule is CC(C(N)=O)N1Cc2ccc(Cl)cc2CC1=O.COC(=O)C(C)N1Cc2ccc(Cl)cc2CC1=O.COC(=O)Cc1cc(Cl)ccc1C.COC(=O)Cc1cc(Cl)ccc1CBr.Cc1ccc(Cl)cc1CC(=O)OC(C)(C)C.Cc1ccc(Cl)cc1I. The van der Waals surface area contributed by atoms with Gasteiger partial charge < -0.3 is 34.5 Å². The lowest BCUT2D eigenvalue weighted by atomic mass is 9.98. The third-order valence-electron chi connectivity index (χ3n) is 13.2. The molecule has 2 aliphatic rings. The van der Waals surface area contributed by atoms with Gasteiger partial charge in [0.25, 0.3) is 0 Å². The van der Waals surface area contributed by atoms with E-state index in [4.69, 9.17) is 80.1 Å². The molecule has 0 bridgehead atoms. The number of alkyl halides is 1. The largest absolute Gasteiger partial charge is 0.469 e. The molecule has 22 heteroatoms. The zero-order valence-corrected chi connectivity index (χ0v) is 58.5. The van der Waals surface area contributed by atoms with Gasteiger partial charge in [-0.15, -0.1) is 0 Å². The second-order valence-electron chi connectivity index (χ2n) is 20.9. The third-order valence-corrected chi connectivity index (χ3v) is 16.4. The topological polar surface area (TPSA) is 189 Å². The molecule has 0 aliphatic carbocycles. The lowest BCUT2D eigenvalue weighted by Crippen LogP contribution is -2.48. The van der Waals surface area contributed by atoms with Crippen molar-refractivity contribution in [3.8, 4) is 0 Å². The number of halogens is 8. The number of rotatable bonds is 11. The smallest absolute Gasteiger partial charge is 0.328 e. The summed E-state index contributed by atoms with van der Waals surface area (Å²) in [6.07, 6.45) is 1.36. The molecular weight excluding hydrogens is 1420 g/mol. The molecule has 2 unspecified atom stereocenters. The average molecular weight is 1490 g/mol. The van der Waals surface area contributed by atoms with Gasteiger partial charge >= 0.3 is 23.9 Å². The Labute approximate surface area is 562 Å². The number of benzene rings is 6. The summed E-state index contributed by atoms with van der Waals surface area (Å²) in [4.78, 5) is 83.2. The van der Waals surface area contributed by atoms with E-state index >= 15 is 0 Å². The molecular formula is C65H71BrCl6IN3O11. The van der Waals surface area contributed by atoms with Gasteiger partial charge in [0.1, 0.15) is 17.7 Å². The minimum absolute atomic E-state index is 0.0809. The fourth-order valence-corrected chi connectivity index (χ4v) is 10.6. The Morgan fingerprint density at radius 2 is 0.885 bits per heavy atom. The fourth-order valence-electron chi connectivity index (χ4n) is 8.16. The number of amides is 3. The number of nitrogens with two attached hydrogens (primary N) is 1. The van der Waals surface area contributed by atoms with Crippen molar-refractivity contribution in [1.82, 2.24) is 9.80 Å². The van der Waals surface area contributed by atoms with Gasteiger partial charge in [0, 0.05) is 52.1 Å². The molecule has 14 nitrogen and oxygen atoms in total. The summed E-state index contributed by atoms with van der Waals surface area (Å²) < 4.78 is 20.3. The molecule has 6 aromatic carbocycles. The highest BCUT2D eigenvalue weighted by Gasteiger charge is 2.32. The average Bonchev–Trinajstić information content (AvgIpc) is 1.36. The van der Waals surface area contributed by atoms with Crippen LogP contribution in [0.1, 0.15) is 95.8 Å². The molecule has 2 aliphatic heterocycles. The summed E-state index contributed by atoms with van der Waals surface area (Å²) in [7, 11) is 4.07. The van der Waals surface area contributed by atoms with Gasteiger partial charge in [0.15, 0.2) is 0 Å². The molecule has 8 rings (SSSR count). The van der Waals surface area contributed by atoms with Crippen LogP contribution < -0.4 is 5.73 Å². The van der Waals surface area contributed by atoms with Crippen LogP contribution in [-0.2, 0) is 103 Å². The Bertz CT molecular complexity index is 3400. The van der Waals surface area contributed by atoms with Crippen molar-refractivity contribution in [2.75, 3.05) is 21.3 Å². The number of ether oxygens (including phenoxy) is 4. The molecule has 0 spiro atoms. The molecule has 0 fully saturated rings. The van der Waals surface area contributed by atoms with Crippen LogP contribution in [0.5, 0.6) is 0 Å². The number of carbonyl (C=O) groups excluding carboxylic acids is 7. The maximum absolute atomic E-state index is 12.0.